The summed E-state index contributed by atoms with van der Waals surface area (Å²) in [4.78, 5) is 20.9. The fourth-order valence-electron chi connectivity index (χ4n) is 2.88. The number of hydrogen-bond donors (Lipinski definition) is 0. The van der Waals surface area contributed by atoms with Crippen molar-refractivity contribution in [3.63, 3.8) is 0 Å². The largest absolute Gasteiger partial charge is 0.348 e. The number of aromatic nitrogens is 3. The fourth-order valence-corrected chi connectivity index (χ4v) is 3.49. The van der Waals surface area contributed by atoms with Crippen LogP contribution < -0.4 is 0 Å². The Labute approximate surface area is 134 Å². The van der Waals surface area contributed by atoms with E-state index in [9.17, 15) is 4.79 Å². The minimum atomic E-state index is -0.0733. The first-order valence-electron chi connectivity index (χ1n) is 7.38. The lowest BCUT2D eigenvalue weighted by atomic mass is 10.1. The summed E-state index contributed by atoms with van der Waals surface area (Å²) >= 11 is 1.67. The van der Waals surface area contributed by atoms with Crippen molar-refractivity contribution >= 4 is 17.2 Å². The molecule has 0 fully saturated rings. The van der Waals surface area contributed by atoms with Gasteiger partial charge in [-0.05, 0) is 13.0 Å². The Bertz CT molecular complexity index is 662. The smallest absolute Gasteiger partial charge is 0.228 e. The third-order valence-corrected chi connectivity index (χ3v) is 4.73. The van der Waals surface area contributed by atoms with Crippen LogP contribution in [-0.4, -0.2) is 51.1 Å². The van der Waals surface area contributed by atoms with Crippen LogP contribution in [0.2, 0.25) is 0 Å². The van der Waals surface area contributed by atoms with Crippen LogP contribution in [0.25, 0.3) is 0 Å². The summed E-state index contributed by atoms with van der Waals surface area (Å²) < 4.78 is 1.96. The van der Waals surface area contributed by atoms with E-state index >= 15 is 0 Å². The Morgan fingerprint density at radius 1 is 1.45 bits per heavy atom. The SMILES string of the molecule is Cc1nc(CN2Cc3ccnn3CC(C(=O)N(C)C)C2)cs1. The van der Waals surface area contributed by atoms with Crippen LogP contribution >= 0.6 is 11.3 Å². The van der Waals surface area contributed by atoms with Gasteiger partial charge in [-0.1, -0.05) is 0 Å². The van der Waals surface area contributed by atoms with Crippen molar-refractivity contribution in [3.8, 4) is 0 Å². The maximum atomic E-state index is 12.4. The van der Waals surface area contributed by atoms with Crippen molar-refractivity contribution in [2.75, 3.05) is 20.6 Å². The summed E-state index contributed by atoms with van der Waals surface area (Å²) in [7, 11) is 3.62. The molecule has 0 aromatic carbocycles. The summed E-state index contributed by atoms with van der Waals surface area (Å²) in [5, 5.41) is 7.54. The first-order chi connectivity index (χ1) is 10.5. The average Bonchev–Trinajstić information content (AvgIpc) is 3.03. The average molecular weight is 319 g/mol. The standard InChI is InChI=1S/C15H21N5OS/c1-11-17-13(10-22-11)8-19-6-12(15(21)18(2)3)7-20-14(9-19)4-5-16-20/h4-5,10,12H,6-9H2,1-3H3. The number of carbonyl (C=O) groups excluding carboxylic acids is 1. The number of fused-ring (bicyclic) bond motifs is 1. The van der Waals surface area contributed by atoms with E-state index in [2.05, 4.69) is 20.4 Å². The lowest BCUT2D eigenvalue weighted by molar-refractivity contribution is -0.134. The van der Waals surface area contributed by atoms with Crippen molar-refractivity contribution in [3.05, 3.63) is 34.0 Å². The molecule has 6 nitrogen and oxygen atoms in total. The second-order valence-corrected chi connectivity index (χ2v) is 7.02. The number of thiazole rings is 1. The zero-order chi connectivity index (χ0) is 15.7. The van der Waals surface area contributed by atoms with Crippen LogP contribution in [0.15, 0.2) is 17.6 Å². The number of carbonyl (C=O) groups is 1. The van der Waals surface area contributed by atoms with E-state index in [1.807, 2.05) is 38.0 Å². The molecule has 0 radical (unpaired) electrons. The highest BCUT2D eigenvalue weighted by molar-refractivity contribution is 7.09. The summed E-state index contributed by atoms with van der Waals surface area (Å²) in [6.45, 7) is 4.97. The highest BCUT2D eigenvalue weighted by Crippen LogP contribution is 2.20. The predicted octanol–water partition coefficient (Wildman–Crippen LogP) is 1.37. The predicted molar refractivity (Wildman–Crippen MR) is 85.4 cm³/mol. The number of hydrogen-bond acceptors (Lipinski definition) is 5. The van der Waals surface area contributed by atoms with E-state index in [1.165, 1.54) is 0 Å². The molecule has 118 valence electrons. The molecule has 1 atom stereocenters. The van der Waals surface area contributed by atoms with Gasteiger partial charge in [-0.25, -0.2) is 4.98 Å². The number of rotatable bonds is 3. The molecule has 1 aliphatic heterocycles. The molecule has 3 heterocycles. The molecule has 0 N–H and O–H groups in total. The van der Waals surface area contributed by atoms with Gasteiger partial charge in [0.1, 0.15) is 0 Å². The molecular formula is C15H21N5OS. The van der Waals surface area contributed by atoms with E-state index in [4.69, 9.17) is 0 Å². The van der Waals surface area contributed by atoms with Gasteiger partial charge in [0.05, 0.1) is 28.9 Å². The van der Waals surface area contributed by atoms with Gasteiger partial charge in [-0.3, -0.25) is 14.4 Å². The molecule has 1 unspecified atom stereocenters. The molecule has 3 rings (SSSR count). The molecular weight excluding hydrogens is 298 g/mol. The Hall–Kier alpha value is -1.73. The Morgan fingerprint density at radius 2 is 2.27 bits per heavy atom. The highest BCUT2D eigenvalue weighted by Gasteiger charge is 2.28. The minimum Gasteiger partial charge on any atom is -0.348 e. The van der Waals surface area contributed by atoms with Crippen molar-refractivity contribution in [2.24, 2.45) is 5.92 Å². The molecule has 0 saturated heterocycles. The maximum Gasteiger partial charge on any atom is 0.228 e. The van der Waals surface area contributed by atoms with Gasteiger partial charge >= 0.3 is 0 Å². The topological polar surface area (TPSA) is 54.3 Å². The first-order valence-corrected chi connectivity index (χ1v) is 8.26. The molecule has 1 aliphatic rings. The number of nitrogens with zero attached hydrogens (tertiary/aromatic N) is 5. The second kappa shape index (κ2) is 6.18. The molecule has 0 bridgehead atoms. The number of aryl methyl sites for hydroxylation is 1. The molecule has 1 amide bonds. The lowest BCUT2D eigenvalue weighted by Crippen LogP contribution is -2.38. The van der Waals surface area contributed by atoms with Crippen LogP contribution in [0.5, 0.6) is 0 Å². The molecule has 0 spiro atoms. The van der Waals surface area contributed by atoms with E-state index < -0.39 is 0 Å². The molecule has 0 saturated carbocycles. The zero-order valence-corrected chi connectivity index (χ0v) is 14.0. The summed E-state index contributed by atoms with van der Waals surface area (Å²) in [6.07, 6.45) is 1.81. The first kappa shape index (κ1) is 15.2. The monoisotopic (exact) mass is 319 g/mol. The van der Waals surface area contributed by atoms with E-state index in [1.54, 1.807) is 16.2 Å². The molecule has 0 aliphatic carbocycles. The van der Waals surface area contributed by atoms with E-state index in [-0.39, 0.29) is 11.8 Å². The van der Waals surface area contributed by atoms with Crippen LogP contribution in [0, 0.1) is 12.8 Å². The summed E-state index contributed by atoms with van der Waals surface area (Å²) in [5.74, 6) is 0.0821. The van der Waals surface area contributed by atoms with Gasteiger partial charge in [0, 0.05) is 45.3 Å². The molecule has 2 aromatic rings. The van der Waals surface area contributed by atoms with Crippen molar-refractivity contribution in [1.82, 2.24) is 24.6 Å². The Balaban J connectivity index is 1.82. The molecule has 2 aromatic heterocycles. The van der Waals surface area contributed by atoms with Crippen LogP contribution in [0.4, 0.5) is 0 Å². The van der Waals surface area contributed by atoms with Gasteiger partial charge in [-0.15, -0.1) is 11.3 Å². The van der Waals surface area contributed by atoms with Crippen molar-refractivity contribution in [1.29, 1.82) is 0 Å². The second-order valence-electron chi connectivity index (χ2n) is 5.96. The maximum absolute atomic E-state index is 12.4. The molecule has 7 heteroatoms. The van der Waals surface area contributed by atoms with Crippen molar-refractivity contribution in [2.45, 2.75) is 26.6 Å². The highest BCUT2D eigenvalue weighted by atomic mass is 32.1. The van der Waals surface area contributed by atoms with Gasteiger partial charge < -0.3 is 4.90 Å². The van der Waals surface area contributed by atoms with Gasteiger partial charge in [0.15, 0.2) is 0 Å². The normalized spacial score (nSPS) is 18.8. The summed E-state index contributed by atoms with van der Waals surface area (Å²) in [5.41, 5.74) is 2.23. The zero-order valence-electron chi connectivity index (χ0n) is 13.2. The van der Waals surface area contributed by atoms with E-state index in [0.29, 0.717) is 6.54 Å². The quantitative estimate of drug-likeness (QED) is 0.857. The van der Waals surface area contributed by atoms with E-state index in [0.717, 1.165) is 36.0 Å². The molecule has 22 heavy (non-hydrogen) atoms. The Morgan fingerprint density at radius 3 is 2.95 bits per heavy atom. The third kappa shape index (κ3) is 3.20. The minimum absolute atomic E-state index is 0.0733. The van der Waals surface area contributed by atoms with Crippen molar-refractivity contribution < 1.29 is 4.79 Å². The number of amides is 1. The van der Waals surface area contributed by atoms with Gasteiger partial charge in [0.2, 0.25) is 5.91 Å². The fraction of sp³-hybridized carbons (Fsp3) is 0.533. The van der Waals surface area contributed by atoms with Gasteiger partial charge in [0.25, 0.3) is 0 Å². The lowest BCUT2D eigenvalue weighted by Gasteiger charge is -2.24. The summed E-state index contributed by atoms with van der Waals surface area (Å²) in [6, 6.07) is 2.03. The van der Waals surface area contributed by atoms with Crippen LogP contribution in [0.1, 0.15) is 16.4 Å². The van der Waals surface area contributed by atoms with Crippen LogP contribution in [0.3, 0.4) is 0 Å². The van der Waals surface area contributed by atoms with Gasteiger partial charge in [-0.2, -0.15) is 5.10 Å². The Kier molecular flexibility index (Phi) is 4.26. The third-order valence-electron chi connectivity index (χ3n) is 3.90. The van der Waals surface area contributed by atoms with Crippen LogP contribution in [-0.2, 0) is 24.4 Å².